The molecule has 0 aliphatic carbocycles. The first-order valence-corrected chi connectivity index (χ1v) is 8.30. The molecule has 122 valence electrons. The SMILES string of the molecule is CCC(O)C1CCCCN1CC(=O)Nc1cc(C)ccc1C. The Morgan fingerprint density at radius 2 is 2.18 bits per heavy atom. The van der Waals surface area contributed by atoms with Gasteiger partial charge in [-0.1, -0.05) is 25.5 Å². The summed E-state index contributed by atoms with van der Waals surface area (Å²) in [5, 5.41) is 13.2. The van der Waals surface area contributed by atoms with Crippen LogP contribution in [0.15, 0.2) is 18.2 Å². The fourth-order valence-corrected chi connectivity index (χ4v) is 3.17. The summed E-state index contributed by atoms with van der Waals surface area (Å²) >= 11 is 0. The van der Waals surface area contributed by atoms with Crippen molar-refractivity contribution in [1.82, 2.24) is 4.90 Å². The van der Waals surface area contributed by atoms with Crippen molar-refractivity contribution in [3.63, 3.8) is 0 Å². The summed E-state index contributed by atoms with van der Waals surface area (Å²) in [4.78, 5) is 14.5. The molecule has 4 heteroatoms. The molecular formula is C18H28N2O2. The Morgan fingerprint density at radius 1 is 1.41 bits per heavy atom. The van der Waals surface area contributed by atoms with Crippen molar-refractivity contribution in [2.45, 2.75) is 58.6 Å². The number of likely N-dealkylation sites (tertiary alicyclic amines) is 1. The molecule has 0 saturated carbocycles. The topological polar surface area (TPSA) is 52.6 Å². The van der Waals surface area contributed by atoms with Crippen LogP contribution in [0.25, 0.3) is 0 Å². The molecule has 1 aromatic rings. The number of hydrogen-bond acceptors (Lipinski definition) is 3. The lowest BCUT2D eigenvalue weighted by Gasteiger charge is -2.37. The Bertz CT molecular complexity index is 516. The first-order valence-electron chi connectivity index (χ1n) is 8.30. The molecule has 4 nitrogen and oxygen atoms in total. The molecule has 2 N–H and O–H groups in total. The number of amides is 1. The zero-order valence-corrected chi connectivity index (χ0v) is 13.9. The van der Waals surface area contributed by atoms with E-state index in [4.69, 9.17) is 0 Å². The van der Waals surface area contributed by atoms with Gasteiger partial charge in [-0.3, -0.25) is 9.69 Å². The van der Waals surface area contributed by atoms with E-state index in [1.165, 1.54) is 0 Å². The first kappa shape index (κ1) is 17.0. The number of anilines is 1. The van der Waals surface area contributed by atoms with Gasteiger partial charge in [0.15, 0.2) is 0 Å². The minimum Gasteiger partial charge on any atom is -0.392 e. The van der Waals surface area contributed by atoms with Crippen LogP contribution < -0.4 is 5.32 Å². The molecule has 0 bridgehead atoms. The molecule has 0 radical (unpaired) electrons. The van der Waals surface area contributed by atoms with Crippen LogP contribution >= 0.6 is 0 Å². The maximum Gasteiger partial charge on any atom is 0.238 e. The van der Waals surface area contributed by atoms with E-state index >= 15 is 0 Å². The molecule has 2 rings (SSSR count). The predicted molar refractivity (Wildman–Crippen MR) is 90.1 cm³/mol. The smallest absolute Gasteiger partial charge is 0.238 e. The fraction of sp³-hybridized carbons (Fsp3) is 0.611. The number of aryl methyl sites for hydroxylation is 2. The molecule has 0 aromatic heterocycles. The van der Waals surface area contributed by atoms with E-state index < -0.39 is 0 Å². The van der Waals surface area contributed by atoms with Gasteiger partial charge in [-0.05, 0) is 56.8 Å². The Kier molecular flexibility index (Phi) is 5.98. The van der Waals surface area contributed by atoms with Gasteiger partial charge in [0.05, 0.1) is 12.6 Å². The van der Waals surface area contributed by atoms with Crippen molar-refractivity contribution in [2.75, 3.05) is 18.4 Å². The number of aliphatic hydroxyl groups excluding tert-OH is 1. The third-order valence-corrected chi connectivity index (χ3v) is 4.54. The van der Waals surface area contributed by atoms with E-state index in [1.807, 2.05) is 39.0 Å². The van der Waals surface area contributed by atoms with Gasteiger partial charge < -0.3 is 10.4 Å². The quantitative estimate of drug-likeness (QED) is 0.879. The van der Waals surface area contributed by atoms with Gasteiger partial charge in [-0.15, -0.1) is 0 Å². The summed E-state index contributed by atoms with van der Waals surface area (Å²) < 4.78 is 0. The summed E-state index contributed by atoms with van der Waals surface area (Å²) in [6.07, 6.45) is 3.61. The van der Waals surface area contributed by atoms with E-state index in [0.29, 0.717) is 6.54 Å². The van der Waals surface area contributed by atoms with Crippen molar-refractivity contribution >= 4 is 11.6 Å². The minimum atomic E-state index is -0.339. The van der Waals surface area contributed by atoms with Crippen LogP contribution in [-0.2, 0) is 4.79 Å². The highest BCUT2D eigenvalue weighted by molar-refractivity contribution is 5.93. The molecule has 1 heterocycles. The third-order valence-electron chi connectivity index (χ3n) is 4.54. The lowest BCUT2D eigenvalue weighted by molar-refractivity contribution is -0.119. The van der Waals surface area contributed by atoms with Gasteiger partial charge in [0.25, 0.3) is 0 Å². The van der Waals surface area contributed by atoms with Gasteiger partial charge in [-0.2, -0.15) is 0 Å². The maximum atomic E-state index is 12.4. The fourth-order valence-electron chi connectivity index (χ4n) is 3.17. The molecule has 0 spiro atoms. The molecule has 1 aliphatic heterocycles. The second-order valence-corrected chi connectivity index (χ2v) is 6.38. The van der Waals surface area contributed by atoms with E-state index in [2.05, 4.69) is 10.2 Å². The average molecular weight is 304 g/mol. The number of benzene rings is 1. The van der Waals surface area contributed by atoms with Gasteiger partial charge >= 0.3 is 0 Å². The second kappa shape index (κ2) is 7.75. The van der Waals surface area contributed by atoms with Crippen molar-refractivity contribution in [1.29, 1.82) is 0 Å². The molecule has 1 aromatic carbocycles. The van der Waals surface area contributed by atoms with Crippen molar-refractivity contribution < 1.29 is 9.90 Å². The Labute approximate surface area is 133 Å². The standard InChI is InChI=1S/C18H28N2O2/c1-4-17(21)16-7-5-6-10-20(16)12-18(22)19-15-11-13(2)8-9-14(15)3/h8-9,11,16-17,21H,4-7,10,12H2,1-3H3,(H,19,22). The van der Waals surface area contributed by atoms with Crippen molar-refractivity contribution in [2.24, 2.45) is 0 Å². The highest BCUT2D eigenvalue weighted by Crippen LogP contribution is 2.22. The lowest BCUT2D eigenvalue weighted by atomic mass is 9.96. The number of aliphatic hydroxyl groups is 1. The molecule has 22 heavy (non-hydrogen) atoms. The minimum absolute atomic E-state index is 0.00361. The number of nitrogens with zero attached hydrogens (tertiary/aromatic N) is 1. The largest absolute Gasteiger partial charge is 0.392 e. The molecule has 2 unspecified atom stereocenters. The number of nitrogens with one attached hydrogen (secondary N) is 1. The zero-order chi connectivity index (χ0) is 16.1. The van der Waals surface area contributed by atoms with Gasteiger partial charge in [0.2, 0.25) is 5.91 Å². The second-order valence-electron chi connectivity index (χ2n) is 6.38. The molecular weight excluding hydrogens is 276 g/mol. The number of piperidine rings is 1. The first-order chi connectivity index (χ1) is 10.5. The van der Waals surface area contributed by atoms with Crippen LogP contribution in [0.3, 0.4) is 0 Å². The monoisotopic (exact) mass is 304 g/mol. The lowest BCUT2D eigenvalue weighted by Crippen LogP contribution is -2.49. The van der Waals surface area contributed by atoms with E-state index in [1.54, 1.807) is 0 Å². The summed E-state index contributed by atoms with van der Waals surface area (Å²) in [5.41, 5.74) is 3.09. The van der Waals surface area contributed by atoms with Crippen LogP contribution in [0, 0.1) is 13.8 Å². The normalized spacial score (nSPS) is 20.6. The van der Waals surface area contributed by atoms with Crippen LogP contribution in [0.2, 0.25) is 0 Å². The van der Waals surface area contributed by atoms with Gasteiger partial charge in [0, 0.05) is 11.7 Å². The Balaban J connectivity index is 1.99. The van der Waals surface area contributed by atoms with Crippen LogP contribution in [0.5, 0.6) is 0 Å². The highest BCUT2D eigenvalue weighted by Gasteiger charge is 2.29. The van der Waals surface area contributed by atoms with Gasteiger partial charge in [-0.25, -0.2) is 0 Å². The molecule has 1 fully saturated rings. The Morgan fingerprint density at radius 3 is 2.91 bits per heavy atom. The summed E-state index contributed by atoms with van der Waals surface area (Å²) in [5.74, 6) is 0.00361. The summed E-state index contributed by atoms with van der Waals surface area (Å²) in [7, 11) is 0. The zero-order valence-electron chi connectivity index (χ0n) is 13.9. The average Bonchev–Trinajstić information content (AvgIpc) is 2.50. The van der Waals surface area contributed by atoms with Crippen LogP contribution in [0.4, 0.5) is 5.69 Å². The maximum absolute atomic E-state index is 12.4. The number of hydrogen-bond donors (Lipinski definition) is 2. The van der Waals surface area contributed by atoms with E-state index in [0.717, 1.165) is 49.0 Å². The number of carbonyl (C=O) groups excluding carboxylic acids is 1. The summed E-state index contributed by atoms with van der Waals surface area (Å²) in [6, 6.07) is 6.18. The molecule has 2 atom stereocenters. The van der Waals surface area contributed by atoms with Crippen molar-refractivity contribution in [3.8, 4) is 0 Å². The van der Waals surface area contributed by atoms with E-state index in [-0.39, 0.29) is 18.1 Å². The predicted octanol–water partition coefficient (Wildman–Crippen LogP) is 2.87. The number of rotatable bonds is 5. The van der Waals surface area contributed by atoms with E-state index in [9.17, 15) is 9.90 Å². The Hall–Kier alpha value is -1.39. The molecule has 1 saturated heterocycles. The highest BCUT2D eigenvalue weighted by atomic mass is 16.3. The van der Waals surface area contributed by atoms with Crippen molar-refractivity contribution in [3.05, 3.63) is 29.3 Å². The number of carbonyl (C=O) groups is 1. The molecule has 1 aliphatic rings. The van der Waals surface area contributed by atoms with Crippen LogP contribution in [-0.4, -0.2) is 41.1 Å². The van der Waals surface area contributed by atoms with Gasteiger partial charge in [0.1, 0.15) is 0 Å². The third kappa shape index (κ3) is 4.31. The van der Waals surface area contributed by atoms with Crippen LogP contribution in [0.1, 0.15) is 43.7 Å². The summed E-state index contributed by atoms with van der Waals surface area (Å²) in [6.45, 7) is 7.26. The molecule has 1 amide bonds.